The third kappa shape index (κ3) is 5.30. The lowest BCUT2D eigenvalue weighted by Crippen LogP contribution is -2.47. The van der Waals surface area contributed by atoms with E-state index in [0.717, 1.165) is 53.3 Å². The van der Waals surface area contributed by atoms with Gasteiger partial charge in [0.1, 0.15) is 6.04 Å². The Hall–Kier alpha value is -3.44. The molecule has 2 amide bonds. The van der Waals surface area contributed by atoms with Gasteiger partial charge in [0, 0.05) is 11.4 Å². The van der Waals surface area contributed by atoms with Crippen LogP contribution in [0.3, 0.4) is 0 Å². The summed E-state index contributed by atoms with van der Waals surface area (Å²) in [5.74, 6) is -0.206. The van der Waals surface area contributed by atoms with Gasteiger partial charge in [-0.25, -0.2) is 0 Å². The molecule has 1 saturated carbocycles. The van der Waals surface area contributed by atoms with Gasteiger partial charge in [0.15, 0.2) is 0 Å². The Morgan fingerprint density at radius 3 is 2.40 bits per heavy atom. The lowest BCUT2D eigenvalue weighted by molar-refractivity contribution is -0.127. The summed E-state index contributed by atoms with van der Waals surface area (Å²) in [4.78, 5) is 29.7. The van der Waals surface area contributed by atoms with Crippen LogP contribution >= 0.6 is 11.3 Å². The van der Waals surface area contributed by atoms with E-state index in [2.05, 4.69) is 5.32 Å². The van der Waals surface area contributed by atoms with Crippen molar-refractivity contribution in [2.75, 3.05) is 4.90 Å². The molecule has 5 heteroatoms. The van der Waals surface area contributed by atoms with Crippen LogP contribution in [0.25, 0.3) is 10.8 Å². The van der Waals surface area contributed by atoms with Crippen molar-refractivity contribution in [3.05, 3.63) is 101 Å². The van der Waals surface area contributed by atoms with Crippen LogP contribution in [-0.2, 0) is 16.0 Å². The van der Waals surface area contributed by atoms with Crippen LogP contribution in [0.2, 0.25) is 0 Å². The molecule has 0 spiro atoms. The fraction of sp³-hybridized carbons (Fsp3) is 0.267. The summed E-state index contributed by atoms with van der Waals surface area (Å²) >= 11 is 1.58. The lowest BCUT2D eigenvalue weighted by atomic mass is 9.94. The SMILES string of the molecule is O=C(NC1CCCCC1)C(c1ccccc1)N(C(=O)Cc1ccsc1)c1cccc2ccccc12. The van der Waals surface area contributed by atoms with E-state index in [-0.39, 0.29) is 24.3 Å². The second kappa shape index (κ2) is 10.9. The molecule has 1 heterocycles. The number of thiophene rings is 1. The number of hydrogen-bond acceptors (Lipinski definition) is 3. The van der Waals surface area contributed by atoms with Gasteiger partial charge in [-0.1, -0.05) is 86.0 Å². The molecule has 4 aromatic rings. The summed E-state index contributed by atoms with van der Waals surface area (Å²) in [6, 6.07) is 25.1. The van der Waals surface area contributed by atoms with E-state index in [9.17, 15) is 9.59 Å². The van der Waals surface area contributed by atoms with Gasteiger partial charge in [-0.3, -0.25) is 14.5 Å². The average molecular weight is 483 g/mol. The minimum atomic E-state index is -0.755. The number of nitrogens with zero attached hydrogens (tertiary/aromatic N) is 1. The molecule has 0 radical (unpaired) electrons. The van der Waals surface area contributed by atoms with Crippen LogP contribution in [0.1, 0.15) is 49.3 Å². The van der Waals surface area contributed by atoms with E-state index < -0.39 is 6.04 Å². The van der Waals surface area contributed by atoms with Crippen molar-refractivity contribution in [2.24, 2.45) is 0 Å². The fourth-order valence-electron chi connectivity index (χ4n) is 5.07. The molecule has 1 atom stereocenters. The summed E-state index contributed by atoms with van der Waals surface area (Å²) < 4.78 is 0. The number of rotatable bonds is 7. The van der Waals surface area contributed by atoms with Crippen molar-refractivity contribution in [2.45, 2.75) is 50.6 Å². The Kier molecular flexibility index (Phi) is 7.24. The number of benzene rings is 3. The van der Waals surface area contributed by atoms with Crippen molar-refractivity contribution < 1.29 is 9.59 Å². The van der Waals surface area contributed by atoms with Crippen molar-refractivity contribution >= 4 is 39.6 Å². The second-order valence-corrected chi connectivity index (χ2v) is 10.0. The number of carbonyl (C=O) groups excluding carboxylic acids is 2. The normalized spacial score (nSPS) is 15.0. The zero-order valence-corrected chi connectivity index (χ0v) is 20.5. The van der Waals surface area contributed by atoms with E-state index >= 15 is 0 Å². The molecule has 1 fully saturated rings. The van der Waals surface area contributed by atoms with Crippen LogP contribution in [0.15, 0.2) is 89.6 Å². The predicted octanol–water partition coefficient (Wildman–Crippen LogP) is 6.67. The van der Waals surface area contributed by atoms with Gasteiger partial charge in [-0.2, -0.15) is 11.3 Å². The third-order valence-corrected chi connectivity index (χ3v) is 7.54. The Morgan fingerprint density at radius 1 is 0.886 bits per heavy atom. The lowest BCUT2D eigenvalue weighted by Gasteiger charge is -2.34. The van der Waals surface area contributed by atoms with Crippen molar-refractivity contribution in [3.8, 4) is 0 Å². The molecule has 0 aliphatic heterocycles. The van der Waals surface area contributed by atoms with Gasteiger partial charge in [-0.05, 0) is 52.2 Å². The fourth-order valence-corrected chi connectivity index (χ4v) is 5.74. The summed E-state index contributed by atoms with van der Waals surface area (Å²) in [6.07, 6.45) is 5.70. The second-order valence-electron chi connectivity index (χ2n) is 9.23. The summed E-state index contributed by atoms with van der Waals surface area (Å²) in [6.45, 7) is 0. The predicted molar refractivity (Wildman–Crippen MR) is 144 cm³/mol. The summed E-state index contributed by atoms with van der Waals surface area (Å²) in [5.41, 5.74) is 2.54. The van der Waals surface area contributed by atoms with Gasteiger partial charge in [0.2, 0.25) is 11.8 Å². The molecule has 0 bridgehead atoms. The topological polar surface area (TPSA) is 49.4 Å². The molecule has 3 aromatic carbocycles. The quantitative estimate of drug-likeness (QED) is 0.320. The first kappa shape index (κ1) is 23.3. The first-order valence-corrected chi connectivity index (χ1v) is 13.3. The molecular weight excluding hydrogens is 452 g/mol. The van der Waals surface area contributed by atoms with E-state index in [0.29, 0.717) is 0 Å². The van der Waals surface area contributed by atoms with Crippen LogP contribution in [-0.4, -0.2) is 17.9 Å². The van der Waals surface area contributed by atoms with E-state index in [4.69, 9.17) is 0 Å². The summed E-state index contributed by atoms with van der Waals surface area (Å²) in [5, 5.41) is 9.28. The molecule has 1 N–H and O–H groups in total. The van der Waals surface area contributed by atoms with Crippen LogP contribution < -0.4 is 10.2 Å². The number of amides is 2. The highest BCUT2D eigenvalue weighted by Crippen LogP contribution is 2.35. The van der Waals surface area contributed by atoms with Gasteiger partial charge in [0.05, 0.1) is 12.1 Å². The Bertz CT molecular complexity index is 1270. The standard InChI is InChI=1S/C30H30N2O2S/c33-28(20-22-18-19-35-21-22)32(27-17-9-13-23-10-7-8-16-26(23)27)29(24-11-3-1-4-12-24)30(34)31-25-14-5-2-6-15-25/h1,3-4,7-13,16-19,21,25,29H,2,5-6,14-15,20H2,(H,31,34). The number of anilines is 1. The highest BCUT2D eigenvalue weighted by Gasteiger charge is 2.34. The molecule has 35 heavy (non-hydrogen) atoms. The Morgan fingerprint density at radius 2 is 1.63 bits per heavy atom. The van der Waals surface area contributed by atoms with Crippen molar-refractivity contribution in [1.82, 2.24) is 5.32 Å². The molecule has 1 unspecified atom stereocenters. The third-order valence-electron chi connectivity index (χ3n) is 6.80. The van der Waals surface area contributed by atoms with Gasteiger partial charge < -0.3 is 5.32 Å². The maximum atomic E-state index is 14.0. The molecule has 1 aromatic heterocycles. The highest BCUT2D eigenvalue weighted by molar-refractivity contribution is 7.08. The number of hydrogen-bond donors (Lipinski definition) is 1. The first-order chi connectivity index (χ1) is 17.2. The van der Waals surface area contributed by atoms with Gasteiger partial charge in [0.25, 0.3) is 0 Å². The first-order valence-electron chi connectivity index (χ1n) is 12.4. The minimum Gasteiger partial charge on any atom is -0.351 e. The number of fused-ring (bicyclic) bond motifs is 1. The average Bonchev–Trinajstić information content (AvgIpc) is 3.41. The molecule has 0 saturated heterocycles. The molecule has 1 aliphatic carbocycles. The smallest absolute Gasteiger partial charge is 0.248 e. The molecule has 178 valence electrons. The largest absolute Gasteiger partial charge is 0.351 e. The van der Waals surface area contributed by atoms with E-state index in [1.165, 1.54) is 6.42 Å². The van der Waals surface area contributed by atoms with Gasteiger partial charge >= 0.3 is 0 Å². The molecule has 5 rings (SSSR count). The van der Waals surface area contributed by atoms with E-state index in [1.54, 1.807) is 16.2 Å². The highest BCUT2D eigenvalue weighted by atomic mass is 32.1. The molecular formula is C30H30N2O2S. The van der Waals surface area contributed by atoms with Crippen LogP contribution in [0, 0.1) is 0 Å². The summed E-state index contributed by atoms with van der Waals surface area (Å²) in [7, 11) is 0. The Balaban J connectivity index is 1.61. The van der Waals surface area contributed by atoms with E-state index in [1.807, 2.05) is 89.6 Å². The maximum absolute atomic E-state index is 14.0. The zero-order valence-electron chi connectivity index (χ0n) is 19.7. The van der Waals surface area contributed by atoms with Gasteiger partial charge in [-0.15, -0.1) is 0 Å². The number of carbonyl (C=O) groups is 2. The zero-order chi connectivity index (χ0) is 24.0. The maximum Gasteiger partial charge on any atom is 0.248 e. The van der Waals surface area contributed by atoms with Crippen LogP contribution in [0.5, 0.6) is 0 Å². The molecule has 4 nitrogen and oxygen atoms in total. The molecule has 1 aliphatic rings. The van der Waals surface area contributed by atoms with Crippen LogP contribution in [0.4, 0.5) is 5.69 Å². The monoisotopic (exact) mass is 482 g/mol. The number of nitrogens with one attached hydrogen (secondary N) is 1. The Labute approximate surface area is 210 Å². The minimum absolute atomic E-state index is 0.0904. The van der Waals surface area contributed by atoms with Crippen molar-refractivity contribution in [3.63, 3.8) is 0 Å². The van der Waals surface area contributed by atoms with Crippen molar-refractivity contribution in [1.29, 1.82) is 0 Å².